The Morgan fingerprint density at radius 1 is 1.11 bits per heavy atom. The molecule has 1 aliphatic carbocycles. The number of nitrogens with one attached hydrogen (secondary N) is 1. The van der Waals surface area contributed by atoms with Gasteiger partial charge in [-0.25, -0.2) is 9.97 Å². The monoisotopic (exact) mass is 492 g/mol. The first-order valence-corrected chi connectivity index (χ1v) is 13.4. The Labute approximate surface area is 215 Å². The highest BCUT2D eigenvalue weighted by molar-refractivity contribution is 5.80. The van der Waals surface area contributed by atoms with Gasteiger partial charge in [-0.05, 0) is 79.7 Å². The quantitative estimate of drug-likeness (QED) is 0.460. The zero-order chi connectivity index (χ0) is 25.2. The first-order chi connectivity index (χ1) is 17.7. The van der Waals surface area contributed by atoms with E-state index in [2.05, 4.69) is 57.4 Å². The number of piperidine rings is 1. The lowest BCUT2D eigenvalue weighted by molar-refractivity contribution is -0.125. The molecule has 4 rings (SSSR count). The van der Waals surface area contributed by atoms with Crippen LogP contribution >= 0.6 is 0 Å². The number of hydrogen-bond acceptors (Lipinski definition) is 6. The summed E-state index contributed by atoms with van der Waals surface area (Å²) in [6.45, 7) is 6.16. The third-order valence-corrected chi connectivity index (χ3v) is 7.31. The maximum atomic E-state index is 12.4. The minimum Gasteiger partial charge on any atom is -0.493 e. The zero-order valence-corrected chi connectivity index (χ0v) is 21.7. The standard InChI is InChI=1S/C29H40N4O3/c1-3-22-19-31-29(32-20-22)33-16-13-23(14-17-33)21-36-27-11-9-25(10-12-27)24-5-7-26(8-6-24)28(34)30-15-4-18-35-2/h5,9-12,19-20,23,26H,3-4,6-8,13-18,21H2,1-2H3,(H,30,34). The van der Waals surface area contributed by atoms with Gasteiger partial charge in [-0.3, -0.25) is 4.79 Å². The predicted octanol–water partition coefficient (Wildman–Crippen LogP) is 4.67. The number of carbonyl (C=O) groups is 1. The van der Waals surface area contributed by atoms with Crippen molar-refractivity contribution in [2.45, 2.75) is 51.9 Å². The molecule has 1 amide bonds. The van der Waals surface area contributed by atoms with Gasteiger partial charge in [-0.1, -0.05) is 25.1 Å². The number of aryl methyl sites for hydroxylation is 1. The number of allylic oxidation sites excluding steroid dienone is 2. The Balaban J connectivity index is 1.18. The van der Waals surface area contributed by atoms with Crippen LogP contribution in [-0.4, -0.2) is 55.8 Å². The van der Waals surface area contributed by atoms with E-state index >= 15 is 0 Å². The van der Waals surface area contributed by atoms with Gasteiger partial charge in [0.2, 0.25) is 11.9 Å². The molecular formula is C29H40N4O3. The second-order valence-electron chi connectivity index (χ2n) is 9.85. The van der Waals surface area contributed by atoms with Gasteiger partial charge < -0.3 is 19.7 Å². The number of hydrogen-bond donors (Lipinski definition) is 1. The molecule has 1 aromatic carbocycles. The second-order valence-corrected chi connectivity index (χ2v) is 9.85. The molecule has 2 aliphatic rings. The van der Waals surface area contributed by atoms with Gasteiger partial charge >= 0.3 is 0 Å². The molecule has 1 N–H and O–H groups in total. The summed E-state index contributed by atoms with van der Waals surface area (Å²) in [7, 11) is 1.68. The number of carbonyl (C=O) groups excluding carboxylic acids is 1. The van der Waals surface area contributed by atoms with Crippen molar-refractivity contribution in [3.05, 3.63) is 53.9 Å². The van der Waals surface area contributed by atoms with Crippen LogP contribution in [0.25, 0.3) is 5.57 Å². The van der Waals surface area contributed by atoms with Crippen LogP contribution in [0.1, 0.15) is 56.6 Å². The van der Waals surface area contributed by atoms with E-state index in [1.807, 2.05) is 12.4 Å². The van der Waals surface area contributed by atoms with Crippen LogP contribution in [0.5, 0.6) is 5.75 Å². The molecule has 1 aliphatic heterocycles. The average molecular weight is 493 g/mol. The molecular weight excluding hydrogens is 452 g/mol. The molecule has 0 spiro atoms. The van der Waals surface area contributed by atoms with Crippen LogP contribution in [0.2, 0.25) is 0 Å². The van der Waals surface area contributed by atoms with E-state index in [-0.39, 0.29) is 11.8 Å². The number of rotatable bonds is 11. The maximum Gasteiger partial charge on any atom is 0.225 e. The van der Waals surface area contributed by atoms with Crippen molar-refractivity contribution < 1.29 is 14.3 Å². The summed E-state index contributed by atoms with van der Waals surface area (Å²) < 4.78 is 11.2. The van der Waals surface area contributed by atoms with Gasteiger partial charge in [0.05, 0.1) is 6.61 Å². The Kier molecular flexibility index (Phi) is 9.73. The Morgan fingerprint density at radius 2 is 1.86 bits per heavy atom. The number of ether oxygens (including phenoxy) is 2. The molecule has 7 nitrogen and oxygen atoms in total. The third-order valence-electron chi connectivity index (χ3n) is 7.31. The second kappa shape index (κ2) is 13.4. The molecule has 1 fully saturated rings. The molecule has 194 valence electrons. The van der Waals surface area contributed by atoms with E-state index in [1.165, 1.54) is 16.7 Å². The molecule has 0 radical (unpaired) electrons. The number of methoxy groups -OCH3 is 1. The van der Waals surface area contributed by atoms with Crippen molar-refractivity contribution in [1.82, 2.24) is 15.3 Å². The normalized spacial score (nSPS) is 18.6. The first kappa shape index (κ1) is 26.1. The van der Waals surface area contributed by atoms with Crippen LogP contribution in [0.3, 0.4) is 0 Å². The number of aromatic nitrogens is 2. The Bertz CT molecular complexity index is 983. The third kappa shape index (κ3) is 7.29. The van der Waals surface area contributed by atoms with Gasteiger partial charge in [0.1, 0.15) is 5.75 Å². The first-order valence-electron chi connectivity index (χ1n) is 13.4. The molecule has 1 saturated heterocycles. The van der Waals surface area contributed by atoms with Crippen LogP contribution in [0.4, 0.5) is 5.95 Å². The van der Waals surface area contributed by atoms with Gasteiger partial charge in [0.15, 0.2) is 0 Å². The molecule has 2 aromatic rings. The van der Waals surface area contributed by atoms with E-state index in [4.69, 9.17) is 9.47 Å². The summed E-state index contributed by atoms with van der Waals surface area (Å²) in [5.41, 5.74) is 3.73. The van der Waals surface area contributed by atoms with Gasteiger partial charge in [-0.15, -0.1) is 0 Å². The van der Waals surface area contributed by atoms with Crippen molar-refractivity contribution >= 4 is 17.4 Å². The lowest BCUT2D eigenvalue weighted by atomic mass is 9.86. The summed E-state index contributed by atoms with van der Waals surface area (Å²) in [5.74, 6) is 2.55. The summed E-state index contributed by atoms with van der Waals surface area (Å²) in [4.78, 5) is 23.7. The van der Waals surface area contributed by atoms with Gasteiger partial charge in [0, 0.05) is 51.7 Å². The molecule has 36 heavy (non-hydrogen) atoms. The highest BCUT2D eigenvalue weighted by atomic mass is 16.5. The SMILES string of the molecule is CCc1cnc(N2CCC(COc3ccc(C4=CCC(C(=O)NCCCOC)CC4)cc3)CC2)nc1. The fourth-order valence-electron chi connectivity index (χ4n) is 4.88. The van der Waals surface area contributed by atoms with Crippen molar-refractivity contribution in [2.75, 3.05) is 44.9 Å². The minimum atomic E-state index is 0.0765. The molecule has 0 saturated carbocycles. The smallest absolute Gasteiger partial charge is 0.225 e. The molecule has 2 heterocycles. The largest absolute Gasteiger partial charge is 0.493 e. The van der Waals surface area contributed by atoms with Crippen molar-refractivity contribution in [2.24, 2.45) is 11.8 Å². The highest BCUT2D eigenvalue weighted by Gasteiger charge is 2.23. The van der Waals surface area contributed by atoms with E-state index in [9.17, 15) is 4.79 Å². The van der Waals surface area contributed by atoms with Crippen LogP contribution in [-0.2, 0) is 16.0 Å². The molecule has 7 heteroatoms. The Hall–Kier alpha value is -2.93. The van der Waals surface area contributed by atoms with E-state index in [0.717, 1.165) is 76.3 Å². The van der Waals surface area contributed by atoms with Crippen molar-refractivity contribution in [3.63, 3.8) is 0 Å². The van der Waals surface area contributed by atoms with Gasteiger partial charge in [0.25, 0.3) is 0 Å². The van der Waals surface area contributed by atoms with Crippen molar-refractivity contribution in [3.8, 4) is 5.75 Å². The fourth-order valence-corrected chi connectivity index (χ4v) is 4.88. The molecule has 1 atom stereocenters. The lowest BCUT2D eigenvalue weighted by Gasteiger charge is -2.31. The summed E-state index contributed by atoms with van der Waals surface area (Å²) in [6.07, 6.45) is 12.7. The van der Waals surface area contributed by atoms with E-state index in [1.54, 1.807) is 7.11 Å². The number of amides is 1. The topological polar surface area (TPSA) is 76.6 Å². The summed E-state index contributed by atoms with van der Waals surface area (Å²) in [6, 6.07) is 8.44. The van der Waals surface area contributed by atoms with Crippen LogP contribution in [0.15, 0.2) is 42.7 Å². The lowest BCUT2D eigenvalue weighted by Crippen LogP contribution is -2.36. The minimum absolute atomic E-state index is 0.0765. The van der Waals surface area contributed by atoms with Gasteiger partial charge in [-0.2, -0.15) is 0 Å². The predicted molar refractivity (Wildman–Crippen MR) is 143 cm³/mol. The summed E-state index contributed by atoms with van der Waals surface area (Å²) >= 11 is 0. The van der Waals surface area contributed by atoms with Crippen LogP contribution < -0.4 is 15.0 Å². The average Bonchev–Trinajstić information content (AvgIpc) is 2.95. The highest BCUT2D eigenvalue weighted by Crippen LogP contribution is 2.31. The number of anilines is 1. The van der Waals surface area contributed by atoms with Crippen LogP contribution in [0, 0.1) is 11.8 Å². The fraction of sp³-hybridized carbons (Fsp3) is 0.552. The zero-order valence-electron chi connectivity index (χ0n) is 21.7. The van der Waals surface area contributed by atoms with E-state index < -0.39 is 0 Å². The molecule has 1 unspecified atom stereocenters. The molecule has 1 aromatic heterocycles. The maximum absolute atomic E-state index is 12.4. The number of benzene rings is 1. The Morgan fingerprint density at radius 3 is 2.50 bits per heavy atom. The van der Waals surface area contributed by atoms with Crippen molar-refractivity contribution in [1.29, 1.82) is 0 Å². The summed E-state index contributed by atoms with van der Waals surface area (Å²) in [5, 5.41) is 3.03. The molecule has 0 bridgehead atoms. The van der Waals surface area contributed by atoms with E-state index in [0.29, 0.717) is 19.1 Å². The number of nitrogens with zero attached hydrogens (tertiary/aromatic N) is 3.